The number of fused-ring (bicyclic) bond motifs is 2. The number of rotatable bonds is 4. The van der Waals surface area contributed by atoms with E-state index in [0.717, 1.165) is 23.3 Å². The second-order valence-corrected chi connectivity index (χ2v) is 7.18. The number of aromatic amines is 1. The van der Waals surface area contributed by atoms with E-state index in [1.54, 1.807) is 18.2 Å². The van der Waals surface area contributed by atoms with Crippen molar-refractivity contribution in [2.24, 2.45) is 0 Å². The number of carboxylic acids is 1. The van der Waals surface area contributed by atoms with Gasteiger partial charge in [-0.1, -0.05) is 66.7 Å². The molecule has 4 heteroatoms. The van der Waals surface area contributed by atoms with E-state index in [-0.39, 0.29) is 5.56 Å². The fraction of sp³-hybridized carbons (Fsp3) is 0.0400. The van der Waals surface area contributed by atoms with Crippen molar-refractivity contribution in [3.05, 3.63) is 102 Å². The number of nitrogens with one attached hydrogen (secondary N) is 1. The molecular formula is C25H18N2O2. The van der Waals surface area contributed by atoms with Crippen molar-refractivity contribution in [1.82, 2.24) is 9.97 Å². The molecule has 140 valence electrons. The number of benzene rings is 4. The van der Waals surface area contributed by atoms with Crippen molar-refractivity contribution in [2.75, 3.05) is 0 Å². The van der Waals surface area contributed by atoms with Crippen LogP contribution in [-0.2, 0) is 6.42 Å². The van der Waals surface area contributed by atoms with Crippen LogP contribution in [0.4, 0.5) is 0 Å². The molecule has 29 heavy (non-hydrogen) atoms. The highest BCUT2D eigenvalue weighted by atomic mass is 16.4. The van der Waals surface area contributed by atoms with E-state index in [9.17, 15) is 4.79 Å². The molecule has 0 radical (unpaired) electrons. The van der Waals surface area contributed by atoms with Gasteiger partial charge in [-0.25, -0.2) is 9.78 Å². The van der Waals surface area contributed by atoms with Gasteiger partial charge in [0.2, 0.25) is 0 Å². The first kappa shape index (κ1) is 17.2. The number of hydrogen-bond acceptors (Lipinski definition) is 2. The van der Waals surface area contributed by atoms with Crippen molar-refractivity contribution in [1.29, 1.82) is 0 Å². The van der Waals surface area contributed by atoms with Gasteiger partial charge < -0.3 is 10.1 Å². The lowest BCUT2D eigenvalue weighted by Crippen LogP contribution is -1.94. The summed E-state index contributed by atoms with van der Waals surface area (Å²) in [6, 6.07) is 28.2. The maximum Gasteiger partial charge on any atom is 0.335 e. The maximum atomic E-state index is 11.1. The Bertz CT molecular complexity index is 1350. The van der Waals surface area contributed by atoms with Gasteiger partial charge in [-0.2, -0.15) is 0 Å². The van der Waals surface area contributed by atoms with Crippen LogP contribution in [0.3, 0.4) is 0 Å². The average molecular weight is 378 g/mol. The van der Waals surface area contributed by atoms with Gasteiger partial charge in [0, 0.05) is 5.56 Å². The number of carbonyl (C=O) groups is 1. The van der Waals surface area contributed by atoms with Crippen molar-refractivity contribution in [3.8, 4) is 11.4 Å². The number of hydrogen-bond donors (Lipinski definition) is 2. The third-order valence-corrected chi connectivity index (χ3v) is 5.18. The Hall–Kier alpha value is -3.92. The number of aromatic nitrogens is 2. The molecule has 0 aliphatic carbocycles. The van der Waals surface area contributed by atoms with E-state index in [1.165, 1.54) is 21.9 Å². The molecule has 5 aromatic rings. The fourth-order valence-corrected chi connectivity index (χ4v) is 3.64. The minimum Gasteiger partial charge on any atom is -0.478 e. The lowest BCUT2D eigenvalue weighted by molar-refractivity contribution is 0.0697. The first-order chi connectivity index (χ1) is 14.2. The van der Waals surface area contributed by atoms with E-state index in [0.29, 0.717) is 5.52 Å². The van der Waals surface area contributed by atoms with Crippen molar-refractivity contribution in [3.63, 3.8) is 0 Å². The molecular weight excluding hydrogens is 360 g/mol. The zero-order chi connectivity index (χ0) is 19.8. The van der Waals surface area contributed by atoms with E-state index in [1.807, 2.05) is 12.1 Å². The Morgan fingerprint density at radius 1 is 0.828 bits per heavy atom. The monoisotopic (exact) mass is 378 g/mol. The smallest absolute Gasteiger partial charge is 0.335 e. The molecule has 1 heterocycles. The Labute approximate surface area is 167 Å². The molecule has 0 unspecified atom stereocenters. The second-order valence-electron chi connectivity index (χ2n) is 7.18. The number of aromatic carboxylic acids is 1. The summed E-state index contributed by atoms with van der Waals surface area (Å²) in [4.78, 5) is 19.0. The molecule has 0 aliphatic heterocycles. The normalized spacial score (nSPS) is 11.2. The molecule has 0 aliphatic rings. The molecule has 0 saturated carbocycles. The van der Waals surface area contributed by atoms with Crippen LogP contribution in [0.25, 0.3) is 33.2 Å². The van der Waals surface area contributed by atoms with Gasteiger partial charge in [0.25, 0.3) is 0 Å². The highest BCUT2D eigenvalue weighted by molar-refractivity contribution is 5.93. The van der Waals surface area contributed by atoms with Gasteiger partial charge in [-0.3, -0.25) is 0 Å². The third-order valence-electron chi connectivity index (χ3n) is 5.18. The van der Waals surface area contributed by atoms with Crippen LogP contribution in [0.5, 0.6) is 0 Å². The molecule has 0 spiro atoms. The number of carboxylic acid groups (broad SMARTS) is 1. The lowest BCUT2D eigenvalue weighted by Gasteiger charge is -2.05. The number of H-pyrrole nitrogens is 1. The van der Waals surface area contributed by atoms with E-state index in [2.05, 4.69) is 64.6 Å². The SMILES string of the molecule is O=C(O)c1ccc2[nH]c(-c3ccc(Cc4ccc5ccccc5c4)cc3)nc2c1. The quantitative estimate of drug-likeness (QED) is 0.423. The van der Waals surface area contributed by atoms with Gasteiger partial charge in [-0.05, 0) is 46.5 Å². The Morgan fingerprint density at radius 2 is 1.59 bits per heavy atom. The van der Waals surface area contributed by atoms with Gasteiger partial charge in [0.1, 0.15) is 5.82 Å². The predicted octanol–water partition coefficient (Wildman–Crippen LogP) is 5.67. The average Bonchev–Trinajstić information content (AvgIpc) is 3.17. The summed E-state index contributed by atoms with van der Waals surface area (Å²) in [5.41, 5.74) is 5.20. The summed E-state index contributed by atoms with van der Waals surface area (Å²) in [5, 5.41) is 11.6. The van der Waals surface area contributed by atoms with Gasteiger partial charge in [0.05, 0.1) is 16.6 Å². The molecule has 0 atom stereocenters. The summed E-state index contributed by atoms with van der Waals surface area (Å²) in [6.07, 6.45) is 0.868. The molecule has 5 rings (SSSR count). The minimum atomic E-state index is -0.950. The van der Waals surface area contributed by atoms with Crippen molar-refractivity contribution in [2.45, 2.75) is 6.42 Å². The van der Waals surface area contributed by atoms with Gasteiger partial charge in [0.15, 0.2) is 0 Å². The van der Waals surface area contributed by atoms with E-state index >= 15 is 0 Å². The lowest BCUT2D eigenvalue weighted by atomic mass is 10.0. The standard InChI is InChI=1S/C25H18N2O2/c28-25(29)21-11-12-22-23(15-21)27-24(26-22)19-9-5-16(6-10-19)13-17-7-8-18-3-1-2-4-20(18)14-17/h1-12,14-15H,13H2,(H,26,27)(H,28,29). The summed E-state index contributed by atoms with van der Waals surface area (Å²) in [5.74, 6) is -0.214. The van der Waals surface area contributed by atoms with Gasteiger partial charge >= 0.3 is 5.97 Å². The molecule has 0 bridgehead atoms. The molecule has 2 N–H and O–H groups in total. The molecule has 4 aromatic carbocycles. The highest BCUT2D eigenvalue weighted by Crippen LogP contribution is 2.23. The predicted molar refractivity (Wildman–Crippen MR) is 115 cm³/mol. The number of nitrogens with zero attached hydrogens (tertiary/aromatic N) is 1. The van der Waals surface area contributed by atoms with E-state index in [4.69, 9.17) is 5.11 Å². The van der Waals surface area contributed by atoms with Crippen LogP contribution in [0.2, 0.25) is 0 Å². The molecule has 0 fully saturated rings. The van der Waals surface area contributed by atoms with E-state index < -0.39 is 5.97 Å². The van der Waals surface area contributed by atoms with Crippen LogP contribution in [0.1, 0.15) is 21.5 Å². The Balaban J connectivity index is 1.40. The summed E-state index contributed by atoms with van der Waals surface area (Å²) < 4.78 is 0. The number of imidazole rings is 1. The van der Waals surface area contributed by atoms with Crippen LogP contribution < -0.4 is 0 Å². The zero-order valence-electron chi connectivity index (χ0n) is 15.6. The van der Waals surface area contributed by atoms with Crippen molar-refractivity contribution < 1.29 is 9.90 Å². The fourth-order valence-electron chi connectivity index (χ4n) is 3.64. The zero-order valence-corrected chi connectivity index (χ0v) is 15.6. The van der Waals surface area contributed by atoms with Crippen LogP contribution >= 0.6 is 0 Å². The molecule has 0 saturated heterocycles. The van der Waals surface area contributed by atoms with Crippen molar-refractivity contribution >= 4 is 27.8 Å². The summed E-state index contributed by atoms with van der Waals surface area (Å²) in [6.45, 7) is 0. The Kier molecular flexibility index (Phi) is 4.10. The molecule has 4 nitrogen and oxygen atoms in total. The van der Waals surface area contributed by atoms with Crippen LogP contribution in [0, 0.1) is 0 Å². The third kappa shape index (κ3) is 3.36. The van der Waals surface area contributed by atoms with Gasteiger partial charge in [-0.15, -0.1) is 0 Å². The minimum absolute atomic E-state index is 0.237. The molecule has 0 amide bonds. The topological polar surface area (TPSA) is 66.0 Å². The summed E-state index contributed by atoms with van der Waals surface area (Å²) >= 11 is 0. The largest absolute Gasteiger partial charge is 0.478 e. The highest BCUT2D eigenvalue weighted by Gasteiger charge is 2.09. The first-order valence-electron chi connectivity index (χ1n) is 9.46. The molecule has 1 aromatic heterocycles. The van der Waals surface area contributed by atoms with Crippen LogP contribution in [-0.4, -0.2) is 21.0 Å². The second kappa shape index (κ2) is 6.91. The van der Waals surface area contributed by atoms with Crippen LogP contribution in [0.15, 0.2) is 84.9 Å². The Morgan fingerprint density at radius 3 is 2.38 bits per heavy atom. The first-order valence-corrected chi connectivity index (χ1v) is 9.46. The maximum absolute atomic E-state index is 11.1. The summed E-state index contributed by atoms with van der Waals surface area (Å²) in [7, 11) is 0.